The first-order chi connectivity index (χ1) is 11.8. The summed E-state index contributed by atoms with van der Waals surface area (Å²) in [6, 6.07) is 17.3. The Kier molecular flexibility index (Phi) is 6.95. The first-order valence-electron chi connectivity index (χ1n) is 8.21. The minimum absolute atomic E-state index is 0. The predicted octanol–water partition coefficient (Wildman–Crippen LogP) is 3.21. The number of para-hydroxylation sites is 3. The second-order valence-corrected chi connectivity index (χ2v) is 5.65. The van der Waals surface area contributed by atoms with Gasteiger partial charge < -0.3 is 19.7 Å². The lowest BCUT2D eigenvalue weighted by Crippen LogP contribution is -2.45. The Morgan fingerprint density at radius 2 is 1.80 bits per heavy atom. The molecule has 3 rings (SSSR count). The summed E-state index contributed by atoms with van der Waals surface area (Å²) in [5, 5.41) is 3.15. The van der Waals surface area contributed by atoms with E-state index in [1.54, 1.807) is 4.90 Å². The molecule has 1 heterocycles. The Labute approximate surface area is 154 Å². The molecule has 2 aromatic carbocycles. The smallest absolute Gasteiger partial charge is 0.241 e. The van der Waals surface area contributed by atoms with E-state index in [0.29, 0.717) is 19.7 Å². The summed E-state index contributed by atoms with van der Waals surface area (Å²) in [5.41, 5.74) is 0.938. The summed E-state index contributed by atoms with van der Waals surface area (Å²) < 4.78 is 11.6. The van der Waals surface area contributed by atoms with Crippen LogP contribution in [0.25, 0.3) is 0 Å². The normalized spacial score (nSPS) is 15.0. The van der Waals surface area contributed by atoms with Crippen molar-refractivity contribution in [3.63, 3.8) is 0 Å². The highest BCUT2D eigenvalue weighted by atomic mass is 35.5. The van der Waals surface area contributed by atoms with Gasteiger partial charge in [0.2, 0.25) is 5.91 Å². The van der Waals surface area contributed by atoms with E-state index < -0.39 is 0 Å². The molecule has 1 aliphatic rings. The van der Waals surface area contributed by atoms with Gasteiger partial charge in [0.15, 0.2) is 17.6 Å². The fourth-order valence-electron chi connectivity index (χ4n) is 2.65. The number of amides is 1. The topological polar surface area (TPSA) is 50.8 Å². The Hall–Kier alpha value is -2.40. The minimum Gasteiger partial charge on any atom is -0.486 e. The van der Waals surface area contributed by atoms with Crippen LogP contribution in [0.1, 0.15) is 6.92 Å². The van der Waals surface area contributed by atoms with Crippen molar-refractivity contribution in [2.45, 2.75) is 13.0 Å². The lowest BCUT2D eigenvalue weighted by Gasteiger charge is -2.31. The van der Waals surface area contributed by atoms with Crippen LogP contribution in [0.3, 0.4) is 0 Å². The molecular weight excluding hydrogens is 340 g/mol. The summed E-state index contributed by atoms with van der Waals surface area (Å²) in [7, 11) is 0. The maximum Gasteiger partial charge on any atom is 0.241 e. The van der Waals surface area contributed by atoms with Gasteiger partial charge >= 0.3 is 0 Å². The van der Waals surface area contributed by atoms with Crippen molar-refractivity contribution >= 4 is 24.0 Å². The number of fused-ring (bicyclic) bond motifs is 1. The lowest BCUT2D eigenvalue weighted by atomic mass is 10.2. The third kappa shape index (κ3) is 5.03. The van der Waals surface area contributed by atoms with Gasteiger partial charge in [0.05, 0.1) is 13.1 Å². The van der Waals surface area contributed by atoms with Crippen LogP contribution in [-0.2, 0) is 4.79 Å². The van der Waals surface area contributed by atoms with Crippen LogP contribution >= 0.6 is 12.4 Å². The molecule has 1 amide bonds. The zero-order chi connectivity index (χ0) is 16.8. The molecule has 1 N–H and O–H groups in total. The molecule has 0 saturated heterocycles. The number of likely N-dealkylation sites (N-methyl/N-ethyl adjacent to an activating group) is 1. The Morgan fingerprint density at radius 3 is 2.52 bits per heavy atom. The monoisotopic (exact) mass is 362 g/mol. The number of rotatable bonds is 6. The van der Waals surface area contributed by atoms with Gasteiger partial charge in [0, 0.05) is 12.2 Å². The third-order valence-electron chi connectivity index (χ3n) is 3.94. The molecule has 0 radical (unpaired) electrons. The number of anilines is 1. The average Bonchev–Trinajstić information content (AvgIpc) is 2.65. The van der Waals surface area contributed by atoms with Gasteiger partial charge in [-0.05, 0) is 31.2 Å². The largest absolute Gasteiger partial charge is 0.486 e. The highest BCUT2D eigenvalue weighted by Gasteiger charge is 2.24. The molecule has 0 aliphatic carbocycles. The lowest BCUT2D eigenvalue weighted by molar-refractivity contribution is -0.130. The first-order valence-corrected chi connectivity index (χ1v) is 8.21. The van der Waals surface area contributed by atoms with Crippen LogP contribution in [0.15, 0.2) is 54.6 Å². The molecular formula is C19H23ClN2O3. The van der Waals surface area contributed by atoms with Gasteiger partial charge in [-0.1, -0.05) is 30.3 Å². The summed E-state index contributed by atoms with van der Waals surface area (Å²) >= 11 is 0. The first kappa shape index (κ1) is 18.9. The second kappa shape index (κ2) is 9.18. The van der Waals surface area contributed by atoms with E-state index >= 15 is 0 Å². The van der Waals surface area contributed by atoms with Crippen LogP contribution in [0.4, 0.5) is 5.69 Å². The van der Waals surface area contributed by atoms with E-state index in [0.717, 1.165) is 17.2 Å². The summed E-state index contributed by atoms with van der Waals surface area (Å²) in [5.74, 6) is 1.54. The van der Waals surface area contributed by atoms with Gasteiger partial charge in [-0.3, -0.25) is 4.79 Å². The van der Waals surface area contributed by atoms with Gasteiger partial charge in [-0.2, -0.15) is 0 Å². The van der Waals surface area contributed by atoms with E-state index in [1.807, 2.05) is 61.5 Å². The van der Waals surface area contributed by atoms with Gasteiger partial charge in [0.1, 0.15) is 6.61 Å². The maximum atomic E-state index is 12.4. The highest BCUT2D eigenvalue weighted by Crippen LogP contribution is 2.30. The van der Waals surface area contributed by atoms with Gasteiger partial charge in [0.25, 0.3) is 0 Å². The molecule has 1 atom stereocenters. The zero-order valence-electron chi connectivity index (χ0n) is 14.2. The number of hydrogen-bond acceptors (Lipinski definition) is 4. The fourth-order valence-corrected chi connectivity index (χ4v) is 2.65. The summed E-state index contributed by atoms with van der Waals surface area (Å²) in [4.78, 5) is 14.2. The molecule has 1 aliphatic heterocycles. The molecule has 5 nitrogen and oxygen atoms in total. The third-order valence-corrected chi connectivity index (χ3v) is 3.94. The summed E-state index contributed by atoms with van der Waals surface area (Å²) in [6.07, 6.45) is -0.152. The molecule has 0 saturated carbocycles. The van der Waals surface area contributed by atoms with Crippen molar-refractivity contribution in [2.24, 2.45) is 0 Å². The number of carbonyl (C=O) groups excluding carboxylic acids is 1. The number of nitrogens with zero attached hydrogens (tertiary/aromatic N) is 1. The Balaban J connectivity index is 0.00000225. The second-order valence-electron chi connectivity index (χ2n) is 5.65. The number of hydrogen-bond donors (Lipinski definition) is 1. The van der Waals surface area contributed by atoms with Crippen LogP contribution in [-0.4, -0.2) is 43.2 Å². The molecule has 0 fully saturated rings. The zero-order valence-corrected chi connectivity index (χ0v) is 15.0. The molecule has 0 spiro atoms. The number of ether oxygens (including phenoxy) is 2. The van der Waals surface area contributed by atoms with Crippen molar-refractivity contribution < 1.29 is 14.3 Å². The van der Waals surface area contributed by atoms with Crippen LogP contribution in [0, 0.1) is 0 Å². The fraction of sp³-hybridized carbons (Fsp3) is 0.316. The number of carbonyl (C=O) groups is 1. The van der Waals surface area contributed by atoms with Crippen molar-refractivity contribution in [3.05, 3.63) is 54.6 Å². The highest BCUT2D eigenvalue weighted by molar-refractivity contribution is 5.85. The van der Waals surface area contributed by atoms with Gasteiger partial charge in [-0.15, -0.1) is 12.4 Å². The molecule has 6 heteroatoms. The summed E-state index contributed by atoms with van der Waals surface area (Å²) in [6.45, 7) is 3.84. The molecule has 0 aromatic heterocycles. The van der Waals surface area contributed by atoms with E-state index in [1.165, 1.54) is 0 Å². The van der Waals surface area contributed by atoms with Crippen LogP contribution < -0.4 is 14.8 Å². The van der Waals surface area contributed by atoms with Gasteiger partial charge in [-0.25, -0.2) is 0 Å². The van der Waals surface area contributed by atoms with Crippen LogP contribution in [0.2, 0.25) is 0 Å². The van der Waals surface area contributed by atoms with Crippen molar-refractivity contribution in [3.8, 4) is 11.5 Å². The van der Waals surface area contributed by atoms with E-state index in [-0.39, 0.29) is 31.0 Å². The molecule has 2 aromatic rings. The van der Waals surface area contributed by atoms with E-state index in [4.69, 9.17) is 9.47 Å². The minimum atomic E-state index is -0.152. The number of halogens is 1. The number of nitrogens with one attached hydrogen (secondary N) is 1. The Morgan fingerprint density at radius 1 is 1.12 bits per heavy atom. The van der Waals surface area contributed by atoms with Crippen molar-refractivity contribution in [1.29, 1.82) is 0 Å². The maximum absolute atomic E-state index is 12.4. The van der Waals surface area contributed by atoms with Crippen LogP contribution in [0.5, 0.6) is 11.5 Å². The molecule has 1 unspecified atom stereocenters. The quantitative estimate of drug-likeness (QED) is 0.857. The molecule has 25 heavy (non-hydrogen) atoms. The standard InChI is InChI=1S/C19H22N2O3.ClH/c1-2-21(19(22)12-20-15-8-4-3-5-9-15)13-16-14-23-17-10-6-7-11-18(17)24-16;/h3-11,16,20H,2,12-14H2,1H3;1H. The van der Waals surface area contributed by atoms with Crippen molar-refractivity contribution in [1.82, 2.24) is 4.90 Å². The average molecular weight is 363 g/mol. The van der Waals surface area contributed by atoms with E-state index in [2.05, 4.69) is 5.32 Å². The molecule has 0 bridgehead atoms. The molecule has 134 valence electrons. The number of benzene rings is 2. The van der Waals surface area contributed by atoms with E-state index in [9.17, 15) is 4.79 Å². The SMILES string of the molecule is CCN(CC1COc2ccccc2O1)C(=O)CNc1ccccc1.Cl. The Bertz CT molecular complexity index is 681. The van der Waals surface area contributed by atoms with Crippen molar-refractivity contribution in [2.75, 3.05) is 31.6 Å². The predicted molar refractivity (Wildman–Crippen MR) is 101 cm³/mol.